The number of carboxylic acids is 1. The highest BCUT2D eigenvalue weighted by Gasteiger charge is 2.35. The molecule has 0 unspecified atom stereocenters. The van der Waals surface area contributed by atoms with Gasteiger partial charge in [0.2, 0.25) is 0 Å². The van der Waals surface area contributed by atoms with Crippen molar-refractivity contribution in [3.05, 3.63) is 62.7 Å². The second-order valence-corrected chi connectivity index (χ2v) is 7.67. The lowest BCUT2D eigenvalue weighted by Gasteiger charge is -2.15. The number of carbonyl (C=O) groups is 3. The zero-order valence-corrected chi connectivity index (χ0v) is 18.7. The van der Waals surface area contributed by atoms with Gasteiger partial charge in [0.25, 0.3) is 5.91 Å². The number of benzene rings is 2. The first-order valence-corrected chi connectivity index (χ1v) is 10.4. The number of nitrogens with zero attached hydrogens (tertiary/aromatic N) is 1. The molecule has 0 saturated carbocycles. The first-order chi connectivity index (χ1) is 14.8. The molecule has 162 valence electrons. The molecule has 1 heterocycles. The largest absolute Gasteiger partial charge is 0.490 e. The van der Waals surface area contributed by atoms with Gasteiger partial charge in [-0.25, -0.2) is 9.69 Å². The Morgan fingerprint density at radius 2 is 1.94 bits per heavy atom. The van der Waals surface area contributed by atoms with Crippen molar-refractivity contribution in [1.29, 1.82) is 0 Å². The Kier molecular flexibility index (Phi) is 7.19. The fraction of sp³-hybridized carbons (Fsp3) is 0.190. The number of hydrogen-bond acceptors (Lipinski definition) is 5. The van der Waals surface area contributed by atoms with E-state index in [1.54, 1.807) is 18.2 Å². The first kappa shape index (κ1) is 22.6. The van der Waals surface area contributed by atoms with E-state index in [0.29, 0.717) is 38.1 Å². The number of aliphatic carboxylic acids is 1. The monoisotopic (exact) mass is 508 g/mol. The van der Waals surface area contributed by atoms with E-state index in [9.17, 15) is 14.4 Å². The van der Waals surface area contributed by atoms with Crippen LogP contribution in [0.15, 0.2) is 46.6 Å². The molecule has 31 heavy (non-hydrogen) atoms. The number of hydrogen-bond donors (Lipinski definition) is 2. The minimum atomic E-state index is -1.29. The molecule has 10 heteroatoms. The van der Waals surface area contributed by atoms with Crippen LogP contribution in [-0.2, 0) is 16.2 Å². The summed E-state index contributed by atoms with van der Waals surface area (Å²) in [6.07, 6.45) is 1.44. The predicted octanol–water partition coefficient (Wildman–Crippen LogP) is 4.06. The zero-order valence-electron chi connectivity index (χ0n) is 16.4. The van der Waals surface area contributed by atoms with Gasteiger partial charge in [-0.3, -0.25) is 9.59 Å². The van der Waals surface area contributed by atoms with Crippen molar-refractivity contribution < 1.29 is 29.0 Å². The number of nitrogens with one attached hydrogen (secondary N) is 1. The van der Waals surface area contributed by atoms with Crippen molar-refractivity contribution in [1.82, 2.24) is 10.2 Å². The van der Waals surface area contributed by atoms with Gasteiger partial charge in [0.05, 0.1) is 6.61 Å². The van der Waals surface area contributed by atoms with Crippen molar-refractivity contribution in [3.63, 3.8) is 0 Å². The van der Waals surface area contributed by atoms with Gasteiger partial charge in [-0.05, 0) is 36.8 Å². The van der Waals surface area contributed by atoms with Crippen LogP contribution >= 0.6 is 27.5 Å². The summed E-state index contributed by atoms with van der Waals surface area (Å²) < 4.78 is 12.1. The van der Waals surface area contributed by atoms with E-state index in [4.69, 9.17) is 26.2 Å². The summed E-state index contributed by atoms with van der Waals surface area (Å²) >= 11 is 9.61. The molecule has 2 aromatic carbocycles. The van der Waals surface area contributed by atoms with Crippen molar-refractivity contribution in [2.45, 2.75) is 13.5 Å². The van der Waals surface area contributed by atoms with Crippen LogP contribution in [0.4, 0.5) is 4.79 Å². The van der Waals surface area contributed by atoms with Crippen LogP contribution in [-0.4, -0.2) is 41.1 Å². The number of carboxylic acid groups (broad SMARTS) is 1. The van der Waals surface area contributed by atoms with Gasteiger partial charge in [-0.1, -0.05) is 45.7 Å². The highest BCUT2D eigenvalue weighted by atomic mass is 79.9. The van der Waals surface area contributed by atoms with Crippen LogP contribution in [0.25, 0.3) is 6.08 Å². The minimum Gasteiger partial charge on any atom is -0.490 e. The quantitative estimate of drug-likeness (QED) is 0.411. The van der Waals surface area contributed by atoms with Gasteiger partial charge in [0, 0.05) is 15.1 Å². The lowest BCUT2D eigenvalue weighted by Crippen LogP contribution is -2.35. The molecule has 1 saturated heterocycles. The third kappa shape index (κ3) is 5.36. The molecule has 2 aromatic rings. The molecule has 1 aliphatic heterocycles. The molecule has 2 N–H and O–H groups in total. The van der Waals surface area contributed by atoms with E-state index >= 15 is 0 Å². The second kappa shape index (κ2) is 9.84. The molecule has 1 aliphatic rings. The fourth-order valence-corrected chi connectivity index (χ4v) is 3.45. The lowest BCUT2D eigenvalue weighted by molar-refractivity contribution is -0.140. The summed E-state index contributed by atoms with van der Waals surface area (Å²) in [4.78, 5) is 35.7. The Labute approximate surface area is 191 Å². The zero-order chi connectivity index (χ0) is 22.5. The van der Waals surface area contributed by atoms with E-state index in [-0.39, 0.29) is 12.3 Å². The molecular weight excluding hydrogens is 492 g/mol. The Bertz CT molecular complexity index is 1070. The molecule has 0 aromatic heterocycles. The van der Waals surface area contributed by atoms with Crippen LogP contribution in [0.2, 0.25) is 5.02 Å². The standard InChI is InChI=1S/C21H18BrClN2O6/c1-2-30-17-8-13(7-16-20(28)25(10-19(26)27)21(29)24-16)14(22)9-18(17)31-11-12-5-3-4-6-15(12)23/h3-9H,2,10-11H2,1H3,(H,24,29)(H,26,27)/b16-7+. The fourth-order valence-electron chi connectivity index (χ4n) is 2.82. The van der Waals surface area contributed by atoms with Gasteiger partial charge >= 0.3 is 12.0 Å². The molecule has 8 nitrogen and oxygen atoms in total. The Hall–Kier alpha value is -3.04. The molecule has 0 spiro atoms. The predicted molar refractivity (Wildman–Crippen MR) is 117 cm³/mol. The number of halogens is 2. The second-order valence-electron chi connectivity index (χ2n) is 6.41. The lowest BCUT2D eigenvalue weighted by atomic mass is 10.1. The van der Waals surface area contributed by atoms with Crippen LogP contribution in [0.1, 0.15) is 18.1 Å². The van der Waals surface area contributed by atoms with Gasteiger partial charge in [0.1, 0.15) is 18.8 Å². The molecule has 3 rings (SSSR count). The summed E-state index contributed by atoms with van der Waals surface area (Å²) in [6, 6.07) is 9.87. The number of ether oxygens (including phenoxy) is 2. The van der Waals surface area contributed by atoms with Gasteiger partial charge < -0.3 is 19.9 Å². The van der Waals surface area contributed by atoms with Crippen molar-refractivity contribution >= 4 is 51.5 Å². The van der Waals surface area contributed by atoms with Crippen LogP contribution < -0.4 is 14.8 Å². The summed E-state index contributed by atoms with van der Waals surface area (Å²) in [7, 11) is 0. The third-order valence-electron chi connectivity index (χ3n) is 4.26. The normalized spacial score (nSPS) is 14.7. The van der Waals surface area contributed by atoms with Crippen LogP contribution in [0.5, 0.6) is 11.5 Å². The molecule has 3 amide bonds. The van der Waals surface area contributed by atoms with E-state index in [1.807, 2.05) is 25.1 Å². The van der Waals surface area contributed by atoms with Crippen molar-refractivity contribution in [3.8, 4) is 11.5 Å². The number of imide groups is 1. The number of rotatable bonds is 8. The average Bonchev–Trinajstić information content (AvgIpc) is 2.97. The van der Waals surface area contributed by atoms with Gasteiger partial charge in [-0.15, -0.1) is 0 Å². The highest BCUT2D eigenvalue weighted by molar-refractivity contribution is 9.10. The smallest absolute Gasteiger partial charge is 0.329 e. The summed E-state index contributed by atoms with van der Waals surface area (Å²) in [6.45, 7) is 1.71. The molecule has 0 atom stereocenters. The van der Waals surface area contributed by atoms with Crippen LogP contribution in [0.3, 0.4) is 0 Å². The molecule has 0 aliphatic carbocycles. The summed E-state index contributed by atoms with van der Waals surface area (Å²) in [5.41, 5.74) is 1.31. The summed E-state index contributed by atoms with van der Waals surface area (Å²) in [5.74, 6) is -1.12. The molecule has 1 fully saturated rings. The number of urea groups is 1. The topological polar surface area (TPSA) is 105 Å². The maximum atomic E-state index is 12.4. The van der Waals surface area contributed by atoms with E-state index in [0.717, 1.165) is 5.56 Å². The Morgan fingerprint density at radius 3 is 2.61 bits per heavy atom. The minimum absolute atomic E-state index is 0.0425. The van der Waals surface area contributed by atoms with Gasteiger partial charge in [-0.2, -0.15) is 0 Å². The van der Waals surface area contributed by atoms with Crippen molar-refractivity contribution in [2.24, 2.45) is 0 Å². The Balaban J connectivity index is 1.87. The molecule has 0 radical (unpaired) electrons. The SMILES string of the molecule is CCOc1cc(/C=C2/NC(=O)N(CC(=O)O)C2=O)c(Br)cc1OCc1ccccc1Cl. The first-order valence-electron chi connectivity index (χ1n) is 9.19. The Morgan fingerprint density at radius 1 is 1.23 bits per heavy atom. The van der Waals surface area contributed by atoms with E-state index in [2.05, 4.69) is 21.2 Å². The van der Waals surface area contributed by atoms with E-state index < -0.39 is 24.5 Å². The van der Waals surface area contributed by atoms with Crippen LogP contribution in [0, 0.1) is 0 Å². The molecular formula is C21H18BrClN2O6. The van der Waals surface area contributed by atoms with E-state index in [1.165, 1.54) is 6.08 Å². The highest BCUT2D eigenvalue weighted by Crippen LogP contribution is 2.36. The maximum absolute atomic E-state index is 12.4. The summed E-state index contributed by atoms with van der Waals surface area (Å²) in [5, 5.41) is 11.8. The number of amides is 3. The maximum Gasteiger partial charge on any atom is 0.329 e. The average molecular weight is 510 g/mol. The number of carbonyl (C=O) groups excluding carboxylic acids is 2. The third-order valence-corrected chi connectivity index (χ3v) is 5.31. The van der Waals surface area contributed by atoms with Crippen molar-refractivity contribution in [2.75, 3.05) is 13.2 Å². The van der Waals surface area contributed by atoms with Gasteiger partial charge in [0.15, 0.2) is 11.5 Å². The molecule has 0 bridgehead atoms.